The van der Waals surface area contributed by atoms with Gasteiger partial charge in [-0.15, -0.1) is 13.2 Å². The first-order chi connectivity index (χ1) is 13.1. The minimum absolute atomic E-state index is 0.232. The molecule has 1 saturated heterocycles. The zero-order valence-electron chi connectivity index (χ0n) is 17.1. The highest BCUT2D eigenvalue weighted by molar-refractivity contribution is 7.72. The van der Waals surface area contributed by atoms with Crippen LogP contribution in [0.4, 0.5) is 0 Å². The van der Waals surface area contributed by atoms with Gasteiger partial charge in [0, 0.05) is 6.42 Å². The van der Waals surface area contributed by atoms with Crippen molar-refractivity contribution < 1.29 is 14.9 Å². The molecule has 8 nitrogen and oxygen atoms in total. The minimum atomic E-state index is -1.27. The zero-order valence-corrected chi connectivity index (χ0v) is 17.9. The standard InChI is InChI=1S/C19H31N4O4P/c1-6-7-8-13-22-14-17(20-11(2)21-18(14)26)23(13)19-16(25)15(24)12(27-19)9-10-28(3,4)5/h12,15-16,19,24-25H,3,6-10H2,1-2,4-5H3,(H,20,21,26)/t12-,15-,16-,19?/m1/s1. The molecule has 1 aliphatic heterocycles. The van der Waals surface area contributed by atoms with Crippen LogP contribution in [-0.4, -0.2) is 73.8 Å². The number of aliphatic hydroxyl groups excluding tert-OH is 2. The molecular formula is C19H31N4O4P. The predicted molar refractivity (Wildman–Crippen MR) is 113 cm³/mol. The van der Waals surface area contributed by atoms with Crippen LogP contribution in [0.5, 0.6) is 0 Å². The van der Waals surface area contributed by atoms with E-state index in [-0.39, 0.29) is 11.1 Å². The summed E-state index contributed by atoms with van der Waals surface area (Å²) >= 11 is 0. The lowest BCUT2D eigenvalue weighted by molar-refractivity contribution is -0.0368. The second kappa shape index (κ2) is 8.11. The molecule has 156 valence electrons. The Morgan fingerprint density at radius 3 is 2.64 bits per heavy atom. The number of aliphatic hydroxyl groups is 2. The Balaban J connectivity index is 2.01. The van der Waals surface area contributed by atoms with Gasteiger partial charge in [-0.1, -0.05) is 13.3 Å². The first-order valence-electron chi connectivity index (χ1n) is 9.79. The average Bonchev–Trinajstić information content (AvgIpc) is 3.09. The molecule has 4 atom stereocenters. The fourth-order valence-corrected chi connectivity index (χ4v) is 4.53. The Morgan fingerprint density at radius 1 is 1.29 bits per heavy atom. The molecule has 3 rings (SSSR count). The first kappa shape index (κ1) is 21.2. The molecule has 9 heteroatoms. The van der Waals surface area contributed by atoms with E-state index in [0.29, 0.717) is 30.1 Å². The van der Waals surface area contributed by atoms with Crippen LogP contribution in [0, 0.1) is 6.92 Å². The summed E-state index contributed by atoms with van der Waals surface area (Å²) in [6.45, 7) is 6.77. The quantitative estimate of drug-likeness (QED) is 0.596. The van der Waals surface area contributed by atoms with Crippen LogP contribution in [-0.2, 0) is 11.2 Å². The predicted octanol–water partition coefficient (Wildman–Crippen LogP) is 1.49. The summed E-state index contributed by atoms with van der Waals surface area (Å²) < 4.78 is 7.79. The van der Waals surface area contributed by atoms with Gasteiger partial charge in [-0.3, -0.25) is 9.36 Å². The van der Waals surface area contributed by atoms with Gasteiger partial charge in [-0.05, 0) is 39.3 Å². The summed E-state index contributed by atoms with van der Waals surface area (Å²) in [6.07, 6.45) is 4.75. The van der Waals surface area contributed by atoms with Crippen molar-refractivity contribution in [2.24, 2.45) is 0 Å². The number of rotatable bonds is 7. The third-order valence-electron chi connectivity index (χ3n) is 5.11. The molecule has 0 spiro atoms. The summed E-state index contributed by atoms with van der Waals surface area (Å²) in [6, 6.07) is 0. The maximum atomic E-state index is 12.3. The van der Waals surface area contributed by atoms with Crippen LogP contribution < -0.4 is 5.56 Å². The maximum absolute atomic E-state index is 12.3. The van der Waals surface area contributed by atoms with E-state index in [0.717, 1.165) is 19.0 Å². The van der Waals surface area contributed by atoms with Gasteiger partial charge in [0.2, 0.25) is 0 Å². The summed E-state index contributed by atoms with van der Waals surface area (Å²) in [5.74, 6) is 1.11. The van der Waals surface area contributed by atoms with Crippen molar-refractivity contribution in [3.05, 3.63) is 22.0 Å². The van der Waals surface area contributed by atoms with Crippen LogP contribution in [0.2, 0.25) is 0 Å². The van der Waals surface area contributed by atoms with Crippen molar-refractivity contribution in [1.29, 1.82) is 0 Å². The van der Waals surface area contributed by atoms with Crippen molar-refractivity contribution in [1.82, 2.24) is 19.5 Å². The van der Waals surface area contributed by atoms with E-state index in [4.69, 9.17) is 4.74 Å². The first-order valence-corrected chi connectivity index (χ1v) is 12.8. The molecule has 0 bridgehead atoms. The fraction of sp³-hybridized carbons (Fsp3) is 0.684. The van der Waals surface area contributed by atoms with E-state index >= 15 is 0 Å². The molecule has 0 amide bonds. The summed E-state index contributed by atoms with van der Waals surface area (Å²) in [5, 5.41) is 21.3. The summed E-state index contributed by atoms with van der Waals surface area (Å²) in [4.78, 5) is 23.9. The van der Waals surface area contributed by atoms with Crippen molar-refractivity contribution in [3.8, 4) is 0 Å². The van der Waals surface area contributed by atoms with E-state index in [1.165, 1.54) is 0 Å². The highest BCUT2D eigenvalue weighted by Gasteiger charge is 2.45. The number of nitrogens with one attached hydrogen (secondary N) is 1. The number of hydrogen-bond acceptors (Lipinski definition) is 6. The number of fused-ring (bicyclic) bond motifs is 1. The number of hydrogen-bond donors (Lipinski definition) is 3. The number of aryl methyl sites for hydroxylation is 2. The largest absolute Gasteiger partial charge is 0.388 e. The number of unbranched alkanes of at least 4 members (excludes halogenated alkanes) is 1. The number of aromatic nitrogens is 4. The smallest absolute Gasteiger partial charge is 0.279 e. The van der Waals surface area contributed by atoms with Crippen LogP contribution in [0.3, 0.4) is 0 Å². The third kappa shape index (κ3) is 4.25. The molecule has 3 heterocycles. The molecule has 0 radical (unpaired) electrons. The average molecular weight is 410 g/mol. The number of nitrogens with zero attached hydrogens (tertiary/aromatic N) is 3. The van der Waals surface area contributed by atoms with Crippen molar-refractivity contribution in [2.75, 3.05) is 19.5 Å². The van der Waals surface area contributed by atoms with Crippen LogP contribution >= 0.6 is 6.89 Å². The molecule has 0 aliphatic carbocycles. The fourth-order valence-electron chi connectivity index (χ4n) is 3.58. The monoisotopic (exact) mass is 410 g/mol. The van der Waals surface area contributed by atoms with Gasteiger partial charge >= 0.3 is 0 Å². The zero-order chi connectivity index (χ0) is 20.6. The lowest BCUT2D eigenvalue weighted by atomic mass is 10.1. The molecule has 0 saturated carbocycles. The van der Waals surface area contributed by atoms with Gasteiger partial charge in [-0.25, -0.2) is 9.97 Å². The van der Waals surface area contributed by atoms with E-state index in [1.54, 1.807) is 11.5 Å². The van der Waals surface area contributed by atoms with Crippen LogP contribution in [0.15, 0.2) is 4.79 Å². The van der Waals surface area contributed by atoms with Crippen molar-refractivity contribution in [3.63, 3.8) is 0 Å². The van der Waals surface area contributed by atoms with E-state index in [2.05, 4.69) is 41.5 Å². The van der Waals surface area contributed by atoms with Gasteiger partial charge < -0.3 is 19.9 Å². The van der Waals surface area contributed by atoms with E-state index in [9.17, 15) is 15.0 Å². The number of aromatic amines is 1. The lowest BCUT2D eigenvalue weighted by Crippen LogP contribution is -2.32. The van der Waals surface area contributed by atoms with Gasteiger partial charge in [0.05, 0.1) is 6.10 Å². The third-order valence-corrected chi connectivity index (χ3v) is 6.58. The SMILES string of the molecule is C=P(C)(C)CC[C@H]1OC(n2c(CCCC)nc3c(=O)[nH]c(C)nc32)[C@H](O)[C@@H]1O. The maximum Gasteiger partial charge on any atom is 0.279 e. The van der Waals surface area contributed by atoms with Crippen LogP contribution in [0.25, 0.3) is 11.2 Å². The Bertz CT molecular complexity index is 947. The molecule has 2 aromatic rings. The Labute approximate surface area is 165 Å². The highest BCUT2D eigenvalue weighted by atomic mass is 31.2. The molecule has 1 aliphatic rings. The van der Waals surface area contributed by atoms with Crippen molar-refractivity contribution in [2.45, 2.75) is 64.1 Å². The van der Waals surface area contributed by atoms with Gasteiger partial charge in [0.15, 0.2) is 17.4 Å². The lowest BCUT2D eigenvalue weighted by Gasteiger charge is -2.20. The molecule has 2 aromatic heterocycles. The molecule has 1 unspecified atom stereocenters. The highest BCUT2D eigenvalue weighted by Crippen LogP contribution is 2.40. The van der Waals surface area contributed by atoms with Gasteiger partial charge in [0.25, 0.3) is 5.56 Å². The molecule has 28 heavy (non-hydrogen) atoms. The second-order valence-electron chi connectivity index (χ2n) is 8.32. The van der Waals surface area contributed by atoms with Gasteiger partial charge in [-0.2, -0.15) is 0 Å². The molecule has 3 N–H and O–H groups in total. The van der Waals surface area contributed by atoms with Crippen LogP contribution in [0.1, 0.15) is 44.1 Å². The van der Waals surface area contributed by atoms with Gasteiger partial charge in [0.1, 0.15) is 23.9 Å². The summed E-state index contributed by atoms with van der Waals surface area (Å²) in [5.41, 5.74) is 0.302. The molecular weight excluding hydrogens is 379 g/mol. The second-order valence-corrected chi connectivity index (χ2v) is 12.6. The molecule has 0 aromatic carbocycles. The Morgan fingerprint density at radius 2 is 2.00 bits per heavy atom. The number of ether oxygens (including phenoxy) is 1. The topological polar surface area (TPSA) is 113 Å². The normalized spacial score (nSPS) is 25.6. The number of H-pyrrole nitrogens is 1. The van der Waals surface area contributed by atoms with E-state index in [1.807, 2.05) is 0 Å². The number of imidazole rings is 1. The minimum Gasteiger partial charge on any atom is -0.388 e. The summed E-state index contributed by atoms with van der Waals surface area (Å²) in [7, 11) is 0. The Kier molecular flexibility index (Phi) is 6.15. The molecule has 1 fully saturated rings. The van der Waals surface area contributed by atoms with Crippen molar-refractivity contribution >= 4 is 24.3 Å². The van der Waals surface area contributed by atoms with E-state index < -0.39 is 31.4 Å². The Hall–Kier alpha value is -1.47.